The van der Waals surface area contributed by atoms with Crippen molar-refractivity contribution in [3.8, 4) is 0 Å². The van der Waals surface area contributed by atoms with Crippen LogP contribution in [0.3, 0.4) is 0 Å². The van der Waals surface area contributed by atoms with Gasteiger partial charge in [-0.1, -0.05) is 29.8 Å². The Morgan fingerprint density at radius 3 is 2.59 bits per heavy atom. The number of hydrogen-bond acceptors (Lipinski definition) is 3. The molecule has 1 N–H and O–H groups in total. The summed E-state index contributed by atoms with van der Waals surface area (Å²) in [6, 6.07) is 8.13. The molecule has 0 aliphatic heterocycles. The fraction of sp³-hybridized carbons (Fsp3) is 0.231. The van der Waals surface area contributed by atoms with Crippen molar-refractivity contribution in [3.63, 3.8) is 0 Å². The van der Waals surface area contributed by atoms with Gasteiger partial charge in [-0.15, -0.1) is 11.3 Å². The van der Waals surface area contributed by atoms with Crippen LogP contribution in [0.15, 0.2) is 29.8 Å². The molecule has 0 aliphatic rings. The lowest BCUT2D eigenvalue weighted by Gasteiger charge is -2.04. The average molecular weight is 246 g/mol. The Hall–Kier alpha value is -1.68. The Morgan fingerprint density at radius 1 is 1.29 bits per heavy atom. The van der Waals surface area contributed by atoms with E-state index in [0.717, 1.165) is 11.3 Å². The molecule has 3 nitrogen and oxygen atoms in total. The zero-order valence-electron chi connectivity index (χ0n) is 9.86. The molecule has 0 atom stereocenters. The summed E-state index contributed by atoms with van der Waals surface area (Å²) < 4.78 is 0. The van der Waals surface area contributed by atoms with Gasteiger partial charge in [-0.2, -0.15) is 0 Å². The van der Waals surface area contributed by atoms with Crippen molar-refractivity contribution < 1.29 is 4.79 Å². The molecule has 17 heavy (non-hydrogen) atoms. The van der Waals surface area contributed by atoms with Gasteiger partial charge in [0.25, 0.3) is 5.91 Å². The van der Waals surface area contributed by atoms with E-state index in [1.165, 1.54) is 16.9 Å². The van der Waals surface area contributed by atoms with Gasteiger partial charge >= 0.3 is 0 Å². The van der Waals surface area contributed by atoms with Crippen LogP contribution in [-0.2, 0) is 6.54 Å². The Balaban J connectivity index is 1.97. The number of thiazole rings is 1. The number of nitrogens with zero attached hydrogens (tertiary/aromatic N) is 1. The van der Waals surface area contributed by atoms with Gasteiger partial charge < -0.3 is 5.32 Å². The first-order valence-corrected chi connectivity index (χ1v) is 6.28. The highest BCUT2D eigenvalue weighted by Crippen LogP contribution is 2.12. The summed E-state index contributed by atoms with van der Waals surface area (Å²) in [7, 11) is 0. The standard InChI is InChI=1S/C13H14N2OS/c1-9-3-5-11(6-4-9)7-14-13(16)12-10(2)15-8-17-12/h3-6,8H,7H2,1-2H3,(H,14,16). The lowest BCUT2D eigenvalue weighted by molar-refractivity contribution is 0.0954. The lowest BCUT2D eigenvalue weighted by Crippen LogP contribution is -2.22. The molecular formula is C13H14N2OS. The number of aryl methyl sites for hydroxylation is 2. The molecule has 0 aliphatic carbocycles. The van der Waals surface area contributed by atoms with Gasteiger partial charge in [0.1, 0.15) is 4.88 Å². The summed E-state index contributed by atoms with van der Waals surface area (Å²) in [5.74, 6) is -0.0504. The molecule has 4 heteroatoms. The summed E-state index contributed by atoms with van der Waals surface area (Å²) in [4.78, 5) is 16.6. The van der Waals surface area contributed by atoms with Gasteiger partial charge in [0.2, 0.25) is 0 Å². The zero-order chi connectivity index (χ0) is 12.3. The molecule has 0 unspecified atom stereocenters. The van der Waals surface area contributed by atoms with Crippen LogP contribution in [0.5, 0.6) is 0 Å². The van der Waals surface area contributed by atoms with E-state index in [-0.39, 0.29) is 5.91 Å². The van der Waals surface area contributed by atoms with E-state index in [2.05, 4.69) is 10.3 Å². The number of carbonyl (C=O) groups excluding carboxylic acids is 1. The average Bonchev–Trinajstić information content (AvgIpc) is 2.74. The fourth-order valence-electron chi connectivity index (χ4n) is 1.49. The first kappa shape index (κ1) is 11.8. The van der Waals surface area contributed by atoms with Crippen LogP contribution >= 0.6 is 11.3 Å². The van der Waals surface area contributed by atoms with E-state index in [1.54, 1.807) is 5.51 Å². The van der Waals surface area contributed by atoms with Gasteiger partial charge in [0.15, 0.2) is 0 Å². The highest BCUT2D eigenvalue weighted by atomic mass is 32.1. The first-order chi connectivity index (χ1) is 8.16. The molecule has 2 rings (SSSR count). The molecule has 1 heterocycles. The number of carbonyl (C=O) groups is 1. The molecule has 1 aromatic carbocycles. The smallest absolute Gasteiger partial charge is 0.263 e. The van der Waals surface area contributed by atoms with Gasteiger partial charge in [0.05, 0.1) is 11.2 Å². The van der Waals surface area contributed by atoms with E-state index >= 15 is 0 Å². The Kier molecular flexibility index (Phi) is 3.54. The molecule has 0 radical (unpaired) electrons. The van der Waals surface area contributed by atoms with Crippen LogP contribution in [0.25, 0.3) is 0 Å². The van der Waals surface area contributed by atoms with Crippen molar-refractivity contribution in [2.24, 2.45) is 0 Å². The molecule has 1 aromatic heterocycles. The van der Waals surface area contributed by atoms with Crippen LogP contribution in [0.4, 0.5) is 0 Å². The van der Waals surface area contributed by atoms with E-state index in [1.807, 2.05) is 38.1 Å². The summed E-state index contributed by atoms with van der Waals surface area (Å²) in [6.45, 7) is 4.44. The molecule has 0 bridgehead atoms. The van der Waals surface area contributed by atoms with Gasteiger partial charge in [-0.05, 0) is 19.4 Å². The van der Waals surface area contributed by atoms with E-state index < -0.39 is 0 Å². The maximum absolute atomic E-state index is 11.8. The minimum atomic E-state index is -0.0504. The van der Waals surface area contributed by atoms with Crippen LogP contribution in [0, 0.1) is 13.8 Å². The van der Waals surface area contributed by atoms with Crippen molar-refractivity contribution in [1.82, 2.24) is 10.3 Å². The molecule has 0 saturated carbocycles. The summed E-state index contributed by atoms with van der Waals surface area (Å²) in [5, 5.41) is 2.89. The molecule has 2 aromatic rings. The van der Waals surface area contributed by atoms with Crippen LogP contribution in [0.2, 0.25) is 0 Å². The molecule has 0 saturated heterocycles. The number of aromatic nitrogens is 1. The van der Waals surface area contributed by atoms with Crippen LogP contribution < -0.4 is 5.32 Å². The Bertz CT molecular complexity index is 516. The fourth-order valence-corrected chi connectivity index (χ4v) is 2.21. The number of rotatable bonds is 3. The Morgan fingerprint density at radius 2 is 2.00 bits per heavy atom. The second-order valence-corrected chi connectivity index (χ2v) is 4.79. The van der Waals surface area contributed by atoms with Crippen molar-refractivity contribution >= 4 is 17.2 Å². The Labute approximate surface area is 105 Å². The van der Waals surface area contributed by atoms with Crippen molar-refractivity contribution in [3.05, 3.63) is 51.5 Å². The second kappa shape index (κ2) is 5.10. The van der Waals surface area contributed by atoms with Crippen molar-refractivity contribution in [1.29, 1.82) is 0 Å². The van der Waals surface area contributed by atoms with Crippen molar-refractivity contribution in [2.45, 2.75) is 20.4 Å². The number of hydrogen-bond donors (Lipinski definition) is 1. The van der Waals surface area contributed by atoms with E-state index in [0.29, 0.717) is 11.4 Å². The topological polar surface area (TPSA) is 42.0 Å². The third-order valence-corrected chi connectivity index (χ3v) is 3.45. The molecular weight excluding hydrogens is 232 g/mol. The number of nitrogens with one attached hydrogen (secondary N) is 1. The highest BCUT2D eigenvalue weighted by Gasteiger charge is 2.10. The highest BCUT2D eigenvalue weighted by molar-refractivity contribution is 7.11. The second-order valence-electron chi connectivity index (χ2n) is 3.94. The van der Waals surface area contributed by atoms with E-state index in [4.69, 9.17) is 0 Å². The monoisotopic (exact) mass is 246 g/mol. The van der Waals surface area contributed by atoms with Gasteiger partial charge in [-0.25, -0.2) is 4.98 Å². The maximum atomic E-state index is 11.8. The molecule has 0 fully saturated rings. The molecule has 88 valence electrons. The third kappa shape index (κ3) is 2.91. The number of amides is 1. The molecule has 0 spiro atoms. The first-order valence-electron chi connectivity index (χ1n) is 5.40. The summed E-state index contributed by atoms with van der Waals surface area (Å²) >= 11 is 1.37. The van der Waals surface area contributed by atoms with Crippen LogP contribution in [0.1, 0.15) is 26.5 Å². The van der Waals surface area contributed by atoms with Crippen LogP contribution in [-0.4, -0.2) is 10.9 Å². The predicted octanol–water partition coefficient (Wildman–Crippen LogP) is 2.69. The van der Waals surface area contributed by atoms with Gasteiger partial charge in [-0.3, -0.25) is 4.79 Å². The number of benzene rings is 1. The minimum absolute atomic E-state index is 0.0504. The predicted molar refractivity (Wildman–Crippen MR) is 69.2 cm³/mol. The summed E-state index contributed by atoms with van der Waals surface area (Å²) in [5.41, 5.74) is 4.80. The summed E-state index contributed by atoms with van der Waals surface area (Å²) in [6.07, 6.45) is 0. The normalized spacial score (nSPS) is 10.2. The zero-order valence-corrected chi connectivity index (χ0v) is 10.7. The van der Waals surface area contributed by atoms with Crippen molar-refractivity contribution in [2.75, 3.05) is 0 Å². The maximum Gasteiger partial charge on any atom is 0.263 e. The largest absolute Gasteiger partial charge is 0.347 e. The third-order valence-electron chi connectivity index (χ3n) is 2.53. The quantitative estimate of drug-likeness (QED) is 0.904. The minimum Gasteiger partial charge on any atom is -0.347 e. The SMILES string of the molecule is Cc1ccc(CNC(=O)c2scnc2C)cc1. The van der Waals surface area contributed by atoms with E-state index in [9.17, 15) is 4.79 Å². The molecule has 1 amide bonds. The lowest BCUT2D eigenvalue weighted by atomic mass is 10.1. The van der Waals surface area contributed by atoms with Gasteiger partial charge in [0, 0.05) is 6.54 Å².